The van der Waals surface area contributed by atoms with Crippen LogP contribution in [-0.2, 0) is 15.6 Å². The molecular formula is C34H28N2O7. The first kappa shape index (κ1) is 26.8. The van der Waals surface area contributed by atoms with E-state index in [2.05, 4.69) is 24.3 Å². The SMILES string of the molecule is N#Cc1ccc(Oc2ccc([C@@]34C[C@@H]5C[C@@](c6ccc(Oc7ccc([N+](=O)[O-])c(O)c7)cc6)(C[C@H](C3)O5)C4)cc2)cc1O. The summed E-state index contributed by atoms with van der Waals surface area (Å²) in [5, 5.41) is 40.0. The Bertz CT molecular complexity index is 1750. The summed E-state index contributed by atoms with van der Waals surface area (Å²) >= 11 is 0. The molecule has 0 unspecified atom stereocenters. The van der Waals surface area contributed by atoms with Crippen molar-refractivity contribution in [3.8, 4) is 40.6 Å². The molecule has 9 heteroatoms. The number of ether oxygens (including phenoxy) is 3. The van der Waals surface area contributed by atoms with Crippen LogP contribution in [0.2, 0.25) is 0 Å². The minimum atomic E-state index is -0.637. The maximum Gasteiger partial charge on any atom is 0.310 e. The second kappa shape index (κ2) is 10.0. The van der Waals surface area contributed by atoms with Crippen molar-refractivity contribution in [2.24, 2.45) is 0 Å². The molecule has 43 heavy (non-hydrogen) atoms. The zero-order valence-electron chi connectivity index (χ0n) is 23.1. The number of nitro benzene ring substituents is 1. The lowest BCUT2D eigenvalue weighted by atomic mass is 9.48. The summed E-state index contributed by atoms with van der Waals surface area (Å²) in [5.41, 5.74) is 2.31. The van der Waals surface area contributed by atoms with Gasteiger partial charge in [0.25, 0.3) is 0 Å². The monoisotopic (exact) mass is 576 g/mol. The van der Waals surface area contributed by atoms with Crippen LogP contribution in [0.25, 0.3) is 0 Å². The molecule has 2 aliphatic heterocycles. The van der Waals surface area contributed by atoms with E-state index in [1.54, 1.807) is 6.07 Å². The molecule has 0 spiro atoms. The molecule has 2 saturated heterocycles. The van der Waals surface area contributed by atoms with Crippen molar-refractivity contribution in [3.05, 3.63) is 112 Å². The van der Waals surface area contributed by atoms with Crippen LogP contribution in [0.3, 0.4) is 0 Å². The molecule has 2 N–H and O–H groups in total. The number of phenolic OH excluding ortho intramolecular Hbond substituents is 2. The molecule has 4 aromatic carbocycles. The lowest BCUT2D eigenvalue weighted by Crippen LogP contribution is -2.60. The molecule has 0 aromatic heterocycles. The van der Waals surface area contributed by atoms with Crippen LogP contribution in [-0.4, -0.2) is 27.3 Å². The van der Waals surface area contributed by atoms with E-state index in [0.29, 0.717) is 23.0 Å². The van der Waals surface area contributed by atoms with Crippen LogP contribution in [0.4, 0.5) is 5.69 Å². The van der Waals surface area contributed by atoms with Crippen molar-refractivity contribution in [2.45, 2.75) is 55.1 Å². The molecule has 8 rings (SSSR count). The molecule has 4 aromatic rings. The van der Waals surface area contributed by atoms with Crippen molar-refractivity contribution >= 4 is 5.69 Å². The van der Waals surface area contributed by atoms with E-state index in [4.69, 9.17) is 19.5 Å². The van der Waals surface area contributed by atoms with Gasteiger partial charge in [0, 0.05) is 29.0 Å². The zero-order chi connectivity index (χ0) is 29.8. The van der Waals surface area contributed by atoms with Gasteiger partial charge in [-0.3, -0.25) is 10.1 Å². The quantitative estimate of drug-likeness (QED) is 0.172. The number of nitrogens with zero attached hydrogens (tertiary/aromatic N) is 2. The van der Waals surface area contributed by atoms with E-state index in [1.807, 2.05) is 30.3 Å². The first-order chi connectivity index (χ1) is 20.7. The third kappa shape index (κ3) is 4.80. The van der Waals surface area contributed by atoms with E-state index in [9.17, 15) is 20.3 Å². The van der Waals surface area contributed by atoms with Crippen LogP contribution in [0, 0.1) is 21.4 Å². The molecule has 9 nitrogen and oxygen atoms in total. The summed E-state index contributed by atoms with van der Waals surface area (Å²) in [7, 11) is 0. The topological polar surface area (TPSA) is 135 Å². The highest BCUT2D eigenvalue weighted by atomic mass is 16.6. The van der Waals surface area contributed by atoms with Crippen LogP contribution in [0.15, 0.2) is 84.9 Å². The normalized spacial score (nSPS) is 25.2. The van der Waals surface area contributed by atoms with Crippen LogP contribution < -0.4 is 9.47 Å². The van der Waals surface area contributed by atoms with Gasteiger partial charge in [-0.05, 0) is 85.7 Å². The molecule has 216 valence electrons. The summed E-state index contributed by atoms with van der Waals surface area (Å²) in [4.78, 5) is 10.4. The fourth-order valence-corrected chi connectivity index (χ4v) is 7.55. The fraction of sp³-hybridized carbons (Fsp3) is 0.265. The molecule has 4 bridgehead atoms. The fourth-order valence-electron chi connectivity index (χ4n) is 7.55. The highest BCUT2D eigenvalue weighted by Gasteiger charge is 2.59. The maximum atomic E-state index is 11.0. The van der Waals surface area contributed by atoms with Crippen LogP contribution >= 0.6 is 0 Å². The van der Waals surface area contributed by atoms with Gasteiger partial charge < -0.3 is 24.4 Å². The summed E-state index contributed by atoms with van der Waals surface area (Å²) in [6.45, 7) is 0. The van der Waals surface area contributed by atoms with Gasteiger partial charge in [0.1, 0.15) is 34.8 Å². The smallest absolute Gasteiger partial charge is 0.310 e. The van der Waals surface area contributed by atoms with Gasteiger partial charge in [-0.1, -0.05) is 24.3 Å². The van der Waals surface area contributed by atoms with Gasteiger partial charge in [-0.25, -0.2) is 0 Å². The number of hydrogen-bond donors (Lipinski definition) is 2. The highest BCUT2D eigenvalue weighted by molar-refractivity contribution is 5.51. The van der Waals surface area contributed by atoms with E-state index >= 15 is 0 Å². The Morgan fingerprint density at radius 1 is 0.744 bits per heavy atom. The first-order valence-corrected chi connectivity index (χ1v) is 14.2. The molecular weight excluding hydrogens is 548 g/mol. The molecule has 2 aliphatic carbocycles. The summed E-state index contributed by atoms with van der Waals surface area (Å²) in [5.74, 6) is 1.47. The Balaban J connectivity index is 1.10. The number of benzene rings is 4. The molecule has 2 saturated carbocycles. The number of rotatable bonds is 7. The van der Waals surface area contributed by atoms with Crippen molar-refractivity contribution in [2.75, 3.05) is 0 Å². The van der Waals surface area contributed by atoms with Gasteiger partial charge in [0.15, 0.2) is 5.75 Å². The summed E-state index contributed by atoms with van der Waals surface area (Å²) in [6.07, 6.45) is 5.24. The Labute approximate surface area is 247 Å². The number of nitriles is 1. The average Bonchev–Trinajstić information content (AvgIpc) is 2.97. The molecule has 2 heterocycles. The van der Waals surface area contributed by atoms with Crippen LogP contribution in [0.1, 0.15) is 48.8 Å². The summed E-state index contributed by atoms with van der Waals surface area (Å²) < 4.78 is 18.3. The van der Waals surface area contributed by atoms with Crippen molar-refractivity contribution in [3.63, 3.8) is 0 Å². The van der Waals surface area contributed by atoms with Crippen molar-refractivity contribution < 1.29 is 29.3 Å². The van der Waals surface area contributed by atoms with Gasteiger partial charge in [0.05, 0.1) is 22.7 Å². The third-order valence-electron chi connectivity index (χ3n) is 9.17. The zero-order valence-corrected chi connectivity index (χ0v) is 23.1. The lowest BCUT2D eigenvalue weighted by molar-refractivity contribution is -0.385. The van der Waals surface area contributed by atoms with Crippen molar-refractivity contribution in [1.82, 2.24) is 0 Å². The Kier molecular flexibility index (Phi) is 6.26. The number of nitro groups is 1. The van der Waals surface area contributed by atoms with Gasteiger partial charge in [-0.2, -0.15) is 5.26 Å². The Morgan fingerprint density at radius 3 is 1.65 bits per heavy atom. The third-order valence-corrected chi connectivity index (χ3v) is 9.17. The molecule has 4 aliphatic rings. The van der Waals surface area contributed by atoms with E-state index in [1.165, 1.54) is 41.5 Å². The minimum absolute atomic E-state index is 0.0131. The van der Waals surface area contributed by atoms with E-state index in [0.717, 1.165) is 32.1 Å². The Hall–Kier alpha value is -5.07. The molecule has 0 amide bonds. The van der Waals surface area contributed by atoms with Crippen molar-refractivity contribution in [1.29, 1.82) is 5.26 Å². The van der Waals surface area contributed by atoms with Gasteiger partial charge >= 0.3 is 5.69 Å². The second-order valence-corrected chi connectivity index (χ2v) is 11.9. The number of aromatic hydroxyl groups is 2. The number of hydrogen-bond acceptors (Lipinski definition) is 8. The minimum Gasteiger partial charge on any atom is -0.506 e. The second-order valence-electron chi connectivity index (χ2n) is 11.9. The molecule has 4 atom stereocenters. The predicted molar refractivity (Wildman–Crippen MR) is 156 cm³/mol. The predicted octanol–water partition coefficient (Wildman–Crippen LogP) is 7.38. The molecule has 4 fully saturated rings. The summed E-state index contributed by atoms with van der Waals surface area (Å²) in [6, 6.07) is 26.7. The highest BCUT2D eigenvalue weighted by Crippen LogP contribution is 2.62. The van der Waals surface area contributed by atoms with Gasteiger partial charge in [-0.15, -0.1) is 0 Å². The first-order valence-electron chi connectivity index (χ1n) is 14.2. The van der Waals surface area contributed by atoms with Gasteiger partial charge in [0.2, 0.25) is 0 Å². The lowest BCUT2D eigenvalue weighted by Gasteiger charge is -2.62. The Morgan fingerprint density at radius 2 is 1.21 bits per heavy atom. The standard InChI is InChI=1S/C34H28N2O7/c35-19-21-1-6-26(13-31(21)37)41-24-7-2-22(3-8-24)33-15-28-17-34(20-33,18-29(16-33)43-28)23-4-9-25(10-5-23)42-27-11-12-30(36(39)40)32(38)14-27/h1-14,28-29,37-38H,15-18,20H2/t28-,29+,33+,34-. The molecule has 0 radical (unpaired) electrons. The van der Waals surface area contributed by atoms with E-state index < -0.39 is 10.7 Å². The van der Waals surface area contributed by atoms with E-state index in [-0.39, 0.29) is 40.0 Å². The largest absolute Gasteiger partial charge is 0.506 e. The maximum absolute atomic E-state index is 11.0. The van der Waals surface area contributed by atoms with Crippen LogP contribution in [0.5, 0.6) is 34.5 Å². The number of phenols is 2. The average molecular weight is 577 g/mol.